The third-order valence-corrected chi connectivity index (χ3v) is 4.89. The molecule has 3 rings (SSSR count). The summed E-state index contributed by atoms with van der Waals surface area (Å²) in [6, 6.07) is 6.18. The van der Waals surface area contributed by atoms with Crippen molar-refractivity contribution in [3.8, 4) is 11.3 Å². The van der Waals surface area contributed by atoms with Crippen LogP contribution in [0.15, 0.2) is 41.2 Å². The second-order valence-corrected chi connectivity index (χ2v) is 6.91. The van der Waals surface area contributed by atoms with E-state index in [0.717, 1.165) is 21.3 Å². The van der Waals surface area contributed by atoms with Crippen LogP contribution in [0.4, 0.5) is 4.39 Å². The number of hydrogen-bond acceptors (Lipinski definition) is 5. The standard InChI is InChI=1S/C16H14FN3OS2/c1-20(9-15-18-6-7-22-15)16(21)8-14-19-13(10-23-14)11-2-4-12(17)5-3-11/h2-7,10H,8-9H2,1H3. The van der Waals surface area contributed by atoms with E-state index >= 15 is 0 Å². The smallest absolute Gasteiger partial charge is 0.229 e. The molecule has 0 aliphatic rings. The minimum Gasteiger partial charge on any atom is -0.339 e. The zero-order chi connectivity index (χ0) is 16.2. The molecule has 2 aromatic heterocycles. The van der Waals surface area contributed by atoms with Gasteiger partial charge >= 0.3 is 0 Å². The minimum atomic E-state index is -0.275. The van der Waals surface area contributed by atoms with Crippen molar-refractivity contribution in [3.05, 3.63) is 57.1 Å². The Morgan fingerprint density at radius 3 is 2.70 bits per heavy atom. The predicted octanol–water partition coefficient (Wildman–Crippen LogP) is 3.61. The first-order valence-corrected chi connectivity index (χ1v) is 8.70. The molecule has 4 nitrogen and oxygen atoms in total. The highest BCUT2D eigenvalue weighted by Crippen LogP contribution is 2.22. The van der Waals surface area contributed by atoms with Gasteiger partial charge in [-0.25, -0.2) is 14.4 Å². The van der Waals surface area contributed by atoms with Crippen LogP contribution in [0.25, 0.3) is 11.3 Å². The Bertz CT molecular complexity index is 784. The summed E-state index contributed by atoms with van der Waals surface area (Å²) in [6.45, 7) is 0.507. The van der Waals surface area contributed by atoms with Crippen LogP contribution in [0.1, 0.15) is 10.0 Å². The van der Waals surface area contributed by atoms with Crippen LogP contribution in [0.2, 0.25) is 0 Å². The number of benzene rings is 1. The Labute approximate surface area is 141 Å². The molecule has 0 aliphatic carbocycles. The Balaban J connectivity index is 1.64. The molecular formula is C16H14FN3OS2. The first-order valence-electron chi connectivity index (χ1n) is 6.94. The number of nitrogens with zero attached hydrogens (tertiary/aromatic N) is 3. The molecule has 23 heavy (non-hydrogen) atoms. The summed E-state index contributed by atoms with van der Waals surface area (Å²) in [4.78, 5) is 22.5. The van der Waals surface area contributed by atoms with Crippen molar-refractivity contribution in [1.82, 2.24) is 14.9 Å². The highest BCUT2D eigenvalue weighted by molar-refractivity contribution is 7.10. The van der Waals surface area contributed by atoms with E-state index in [4.69, 9.17) is 0 Å². The molecule has 0 bridgehead atoms. The van der Waals surface area contributed by atoms with Gasteiger partial charge < -0.3 is 4.90 Å². The van der Waals surface area contributed by atoms with Gasteiger partial charge in [0, 0.05) is 29.6 Å². The number of amides is 1. The Hall–Kier alpha value is -2.12. The molecule has 0 unspecified atom stereocenters. The largest absolute Gasteiger partial charge is 0.339 e. The predicted molar refractivity (Wildman–Crippen MR) is 89.8 cm³/mol. The molecule has 2 heterocycles. The van der Waals surface area contributed by atoms with Crippen LogP contribution >= 0.6 is 22.7 Å². The number of halogens is 1. The van der Waals surface area contributed by atoms with Gasteiger partial charge in [0.15, 0.2) is 0 Å². The molecule has 0 fully saturated rings. The zero-order valence-electron chi connectivity index (χ0n) is 12.4. The van der Waals surface area contributed by atoms with E-state index < -0.39 is 0 Å². The molecule has 0 saturated heterocycles. The summed E-state index contributed by atoms with van der Waals surface area (Å²) in [5, 5.41) is 5.44. The lowest BCUT2D eigenvalue weighted by atomic mass is 10.2. The zero-order valence-corrected chi connectivity index (χ0v) is 14.0. The van der Waals surface area contributed by atoms with Crippen molar-refractivity contribution in [1.29, 1.82) is 0 Å². The van der Waals surface area contributed by atoms with Gasteiger partial charge in [-0.05, 0) is 24.3 Å². The van der Waals surface area contributed by atoms with Gasteiger partial charge in [0.05, 0.1) is 18.7 Å². The van der Waals surface area contributed by atoms with Crippen molar-refractivity contribution >= 4 is 28.6 Å². The molecular weight excluding hydrogens is 333 g/mol. The van der Waals surface area contributed by atoms with Gasteiger partial charge in [0.1, 0.15) is 15.8 Å². The molecule has 118 valence electrons. The lowest BCUT2D eigenvalue weighted by Crippen LogP contribution is -2.27. The van der Waals surface area contributed by atoms with Crippen LogP contribution in [-0.2, 0) is 17.8 Å². The van der Waals surface area contributed by atoms with E-state index in [2.05, 4.69) is 9.97 Å². The lowest BCUT2D eigenvalue weighted by Gasteiger charge is -2.14. The number of rotatable bonds is 5. The monoisotopic (exact) mass is 347 g/mol. The second-order valence-electron chi connectivity index (χ2n) is 4.99. The normalized spacial score (nSPS) is 10.7. The molecule has 7 heteroatoms. The Kier molecular flexibility index (Phi) is 4.78. The van der Waals surface area contributed by atoms with E-state index in [0.29, 0.717) is 6.54 Å². The first kappa shape index (κ1) is 15.8. The van der Waals surface area contributed by atoms with E-state index in [-0.39, 0.29) is 18.1 Å². The molecule has 1 aromatic carbocycles. The maximum absolute atomic E-state index is 13.0. The Morgan fingerprint density at radius 2 is 2.00 bits per heavy atom. The third-order valence-electron chi connectivity index (χ3n) is 3.28. The molecule has 0 saturated carbocycles. The molecule has 0 N–H and O–H groups in total. The highest BCUT2D eigenvalue weighted by Gasteiger charge is 2.14. The van der Waals surface area contributed by atoms with Gasteiger partial charge in [-0.15, -0.1) is 22.7 Å². The van der Waals surface area contributed by atoms with Crippen molar-refractivity contribution in [3.63, 3.8) is 0 Å². The van der Waals surface area contributed by atoms with Crippen LogP contribution < -0.4 is 0 Å². The summed E-state index contributed by atoms with van der Waals surface area (Å²) in [5.41, 5.74) is 1.61. The van der Waals surface area contributed by atoms with Gasteiger partial charge in [-0.2, -0.15) is 0 Å². The summed E-state index contributed by atoms with van der Waals surface area (Å²) in [7, 11) is 1.76. The minimum absolute atomic E-state index is 0.000191. The molecule has 0 spiro atoms. The summed E-state index contributed by atoms with van der Waals surface area (Å²) >= 11 is 2.97. The highest BCUT2D eigenvalue weighted by atomic mass is 32.1. The fourth-order valence-electron chi connectivity index (χ4n) is 2.03. The van der Waals surface area contributed by atoms with Crippen LogP contribution in [0.3, 0.4) is 0 Å². The van der Waals surface area contributed by atoms with Crippen LogP contribution in [0.5, 0.6) is 0 Å². The fraction of sp³-hybridized carbons (Fsp3) is 0.188. The van der Waals surface area contributed by atoms with E-state index in [1.807, 2.05) is 10.8 Å². The number of thiazole rings is 2. The first-order chi connectivity index (χ1) is 11.1. The average molecular weight is 347 g/mol. The van der Waals surface area contributed by atoms with Crippen molar-refractivity contribution in [2.75, 3.05) is 7.05 Å². The quantitative estimate of drug-likeness (QED) is 0.708. The van der Waals surface area contributed by atoms with Gasteiger partial charge in [0.2, 0.25) is 5.91 Å². The van der Waals surface area contributed by atoms with Crippen molar-refractivity contribution < 1.29 is 9.18 Å². The number of carbonyl (C=O) groups excluding carboxylic acids is 1. The molecule has 0 aliphatic heterocycles. The molecule has 1 amide bonds. The summed E-state index contributed by atoms with van der Waals surface area (Å²) in [5.74, 6) is -0.275. The average Bonchev–Trinajstić information content (AvgIpc) is 3.20. The van der Waals surface area contributed by atoms with E-state index in [1.165, 1.54) is 34.8 Å². The fourth-order valence-corrected chi connectivity index (χ4v) is 3.49. The number of likely N-dealkylation sites (N-methyl/N-ethyl adjacent to an activating group) is 1. The molecule has 0 atom stereocenters. The third kappa shape index (κ3) is 4.00. The summed E-state index contributed by atoms with van der Waals surface area (Å²) in [6.07, 6.45) is 1.99. The summed E-state index contributed by atoms with van der Waals surface area (Å²) < 4.78 is 13.0. The van der Waals surface area contributed by atoms with Crippen molar-refractivity contribution in [2.24, 2.45) is 0 Å². The lowest BCUT2D eigenvalue weighted by molar-refractivity contribution is -0.129. The van der Waals surface area contributed by atoms with Gasteiger partial charge in [-0.1, -0.05) is 0 Å². The number of aromatic nitrogens is 2. The topological polar surface area (TPSA) is 46.1 Å². The maximum Gasteiger partial charge on any atom is 0.229 e. The number of hydrogen-bond donors (Lipinski definition) is 0. The van der Waals surface area contributed by atoms with Crippen LogP contribution in [-0.4, -0.2) is 27.8 Å². The Morgan fingerprint density at radius 1 is 1.22 bits per heavy atom. The second kappa shape index (κ2) is 6.97. The van der Waals surface area contributed by atoms with Crippen molar-refractivity contribution in [2.45, 2.75) is 13.0 Å². The van der Waals surface area contributed by atoms with Gasteiger partial charge in [-0.3, -0.25) is 4.79 Å². The SMILES string of the molecule is CN(Cc1nccs1)C(=O)Cc1nc(-c2ccc(F)cc2)cs1. The molecule has 3 aromatic rings. The molecule has 0 radical (unpaired) electrons. The van der Waals surface area contributed by atoms with E-state index in [9.17, 15) is 9.18 Å². The van der Waals surface area contributed by atoms with Gasteiger partial charge in [0.25, 0.3) is 0 Å². The maximum atomic E-state index is 13.0. The van der Waals surface area contributed by atoms with Crippen LogP contribution in [0, 0.1) is 5.82 Å². The van der Waals surface area contributed by atoms with E-state index in [1.54, 1.807) is 30.3 Å². The number of carbonyl (C=O) groups is 1.